The molecule has 0 aromatic heterocycles. The molecule has 2 heterocycles. The Morgan fingerprint density at radius 3 is 2.03 bits per heavy atom. The highest BCUT2D eigenvalue weighted by Crippen LogP contribution is 2.44. The first-order chi connectivity index (χ1) is 13.7. The second-order valence-electron chi connectivity index (χ2n) is 9.28. The van der Waals surface area contributed by atoms with Crippen LogP contribution in [0.4, 0.5) is 0 Å². The summed E-state index contributed by atoms with van der Waals surface area (Å²) < 4.78 is 13.6. The van der Waals surface area contributed by atoms with Crippen LogP contribution in [0.1, 0.15) is 92.4 Å². The summed E-state index contributed by atoms with van der Waals surface area (Å²) in [6.07, 6.45) is 12.0. The van der Waals surface area contributed by atoms with Gasteiger partial charge in [-0.15, -0.1) is 0 Å². The van der Waals surface area contributed by atoms with Gasteiger partial charge in [0.2, 0.25) is 6.23 Å². The van der Waals surface area contributed by atoms with Crippen molar-refractivity contribution in [3.8, 4) is 0 Å². The molecule has 0 aliphatic carbocycles. The van der Waals surface area contributed by atoms with E-state index in [2.05, 4.69) is 13.8 Å². The van der Waals surface area contributed by atoms with Gasteiger partial charge in [-0.1, -0.05) is 52.4 Å². The molecule has 0 unspecified atom stereocenters. The molecule has 6 nitrogen and oxygen atoms in total. The summed E-state index contributed by atoms with van der Waals surface area (Å²) in [5, 5.41) is 17.3. The summed E-state index contributed by atoms with van der Waals surface area (Å²) >= 11 is 0. The van der Waals surface area contributed by atoms with Crippen LogP contribution in [0.25, 0.3) is 0 Å². The number of carboxylic acids is 1. The topological polar surface area (TPSA) is 76.0 Å². The fraction of sp³-hybridized carbons (Fsp3) is 0.957. The number of carbonyl (C=O) groups is 1. The Morgan fingerprint density at radius 1 is 0.966 bits per heavy atom. The third kappa shape index (κ3) is 8.52. The number of fused-ring (bicyclic) bond motifs is 1. The van der Waals surface area contributed by atoms with E-state index in [0.29, 0.717) is 0 Å². The third-order valence-electron chi connectivity index (χ3n) is 6.11. The van der Waals surface area contributed by atoms with Gasteiger partial charge in [-0.3, -0.25) is 14.0 Å². The lowest BCUT2D eigenvalue weighted by Crippen LogP contribution is -2.55. The van der Waals surface area contributed by atoms with Gasteiger partial charge >= 0.3 is 0 Å². The first-order valence-corrected chi connectivity index (χ1v) is 11.7. The summed E-state index contributed by atoms with van der Waals surface area (Å²) in [7, 11) is 0. The van der Waals surface area contributed by atoms with E-state index in [1.54, 1.807) is 0 Å². The number of quaternary nitrogens is 1. The maximum Gasteiger partial charge on any atom is 0.300 e. The van der Waals surface area contributed by atoms with Crippen molar-refractivity contribution in [1.29, 1.82) is 0 Å². The third-order valence-corrected chi connectivity index (χ3v) is 6.11. The standard InChI is InChI=1S/C21H42NO3.C2H4O2/c1-5-7-9-10-11-12-13-15-22(14-8-6-2)16-18(17-23)19-20(22)25-21(3,4)24-19;1-2(3)4/h18-20,23H,5-17H2,1-4H3;1H3,(H,3,4)/q+1;/t18-,19-,20+,22-;/m1./s1. The number of hydrogen-bond acceptors (Lipinski definition) is 4. The molecule has 0 saturated carbocycles. The van der Waals surface area contributed by atoms with Gasteiger partial charge in [0, 0.05) is 6.92 Å². The molecule has 0 amide bonds. The number of nitrogens with zero attached hydrogens (tertiary/aromatic N) is 1. The molecule has 6 heteroatoms. The molecule has 2 rings (SSSR count). The van der Waals surface area contributed by atoms with Crippen molar-refractivity contribution in [2.75, 3.05) is 26.2 Å². The molecule has 2 N–H and O–H groups in total. The predicted molar refractivity (Wildman–Crippen MR) is 115 cm³/mol. The van der Waals surface area contributed by atoms with E-state index in [0.717, 1.165) is 24.5 Å². The zero-order chi connectivity index (χ0) is 21.9. The maximum absolute atomic E-state index is 9.89. The van der Waals surface area contributed by atoms with Crippen LogP contribution >= 0.6 is 0 Å². The van der Waals surface area contributed by atoms with E-state index in [1.165, 1.54) is 64.3 Å². The predicted octanol–water partition coefficient (Wildman–Crippen LogP) is 4.54. The lowest BCUT2D eigenvalue weighted by Gasteiger charge is -2.39. The van der Waals surface area contributed by atoms with Crippen molar-refractivity contribution >= 4 is 5.97 Å². The van der Waals surface area contributed by atoms with E-state index in [9.17, 15) is 5.11 Å². The Hall–Kier alpha value is -0.690. The van der Waals surface area contributed by atoms with Crippen molar-refractivity contribution in [2.45, 2.75) is 111 Å². The quantitative estimate of drug-likeness (QED) is 0.361. The first kappa shape index (κ1) is 26.3. The monoisotopic (exact) mass is 416 g/mol. The molecular formula is C23H46NO5+. The Morgan fingerprint density at radius 2 is 1.48 bits per heavy atom. The van der Waals surface area contributed by atoms with Gasteiger partial charge in [-0.2, -0.15) is 0 Å². The Balaban J connectivity index is 0.000000960. The van der Waals surface area contributed by atoms with Crippen LogP contribution in [0.5, 0.6) is 0 Å². The van der Waals surface area contributed by atoms with E-state index in [-0.39, 0.29) is 24.9 Å². The largest absolute Gasteiger partial charge is 0.481 e. The van der Waals surface area contributed by atoms with Crippen molar-refractivity contribution < 1.29 is 29.0 Å². The van der Waals surface area contributed by atoms with Crippen LogP contribution in [0.2, 0.25) is 0 Å². The molecule has 0 spiro atoms. The van der Waals surface area contributed by atoms with Gasteiger partial charge in [-0.25, -0.2) is 0 Å². The summed E-state index contributed by atoms with van der Waals surface area (Å²) in [5.74, 6) is -1.13. The highest BCUT2D eigenvalue weighted by Gasteiger charge is 2.61. The smallest absolute Gasteiger partial charge is 0.300 e. The number of aliphatic hydroxyl groups excluding tert-OH is 1. The molecule has 0 aromatic carbocycles. The number of likely N-dealkylation sites (tertiary alicyclic amines) is 1. The number of rotatable bonds is 12. The summed E-state index contributed by atoms with van der Waals surface area (Å²) in [6.45, 7) is 13.2. The summed E-state index contributed by atoms with van der Waals surface area (Å²) in [6, 6.07) is 0. The van der Waals surface area contributed by atoms with Crippen LogP contribution in [-0.4, -0.2) is 65.0 Å². The van der Waals surface area contributed by atoms with Gasteiger partial charge in [0.25, 0.3) is 5.97 Å². The first-order valence-electron chi connectivity index (χ1n) is 11.7. The van der Waals surface area contributed by atoms with Crippen LogP contribution in [-0.2, 0) is 14.3 Å². The molecule has 0 aromatic rings. The zero-order valence-electron chi connectivity index (χ0n) is 19.5. The fourth-order valence-corrected chi connectivity index (χ4v) is 4.77. The normalized spacial score (nSPS) is 29.9. The van der Waals surface area contributed by atoms with Crippen molar-refractivity contribution in [3.63, 3.8) is 0 Å². The zero-order valence-corrected chi connectivity index (χ0v) is 19.5. The molecule has 4 atom stereocenters. The molecule has 0 radical (unpaired) electrons. The van der Waals surface area contributed by atoms with Gasteiger partial charge < -0.3 is 14.9 Å². The lowest BCUT2D eigenvalue weighted by atomic mass is 10.1. The molecular weight excluding hydrogens is 370 g/mol. The van der Waals surface area contributed by atoms with E-state index in [1.807, 2.05) is 13.8 Å². The minimum Gasteiger partial charge on any atom is -0.481 e. The number of ether oxygens (including phenoxy) is 2. The second-order valence-corrected chi connectivity index (χ2v) is 9.28. The second kappa shape index (κ2) is 12.9. The van der Waals surface area contributed by atoms with E-state index < -0.39 is 11.8 Å². The molecule has 2 aliphatic rings. The molecule has 0 bridgehead atoms. The molecule has 172 valence electrons. The fourth-order valence-electron chi connectivity index (χ4n) is 4.77. The van der Waals surface area contributed by atoms with Crippen LogP contribution in [0, 0.1) is 5.92 Å². The Bertz CT molecular complexity index is 466. The number of aliphatic carboxylic acids is 1. The van der Waals surface area contributed by atoms with Crippen LogP contribution < -0.4 is 0 Å². The summed E-state index contributed by atoms with van der Waals surface area (Å²) in [5.41, 5.74) is 0. The van der Waals surface area contributed by atoms with Crippen molar-refractivity contribution in [3.05, 3.63) is 0 Å². The minimum atomic E-state index is -0.833. The summed E-state index contributed by atoms with van der Waals surface area (Å²) in [4.78, 5) is 9.00. The molecule has 29 heavy (non-hydrogen) atoms. The molecule has 2 saturated heterocycles. The Labute approximate surface area is 178 Å². The highest BCUT2D eigenvalue weighted by atomic mass is 16.8. The lowest BCUT2D eigenvalue weighted by molar-refractivity contribution is -0.961. The highest BCUT2D eigenvalue weighted by molar-refractivity contribution is 5.62. The van der Waals surface area contributed by atoms with E-state index >= 15 is 0 Å². The van der Waals surface area contributed by atoms with Gasteiger partial charge in [0.05, 0.1) is 32.2 Å². The van der Waals surface area contributed by atoms with Crippen LogP contribution in [0.15, 0.2) is 0 Å². The minimum absolute atomic E-state index is 0.0569. The van der Waals surface area contributed by atoms with Gasteiger partial charge in [0.1, 0.15) is 6.10 Å². The number of hydrogen-bond donors (Lipinski definition) is 2. The number of carboxylic acid groups (broad SMARTS) is 1. The average Bonchev–Trinajstić information content (AvgIpc) is 3.11. The van der Waals surface area contributed by atoms with Gasteiger partial charge in [0.15, 0.2) is 5.79 Å². The average molecular weight is 417 g/mol. The van der Waals surface area contributed by atoms with Gasteiger partial charge in [-0.05, 0) is 33.1 Å². The molecule has 2 aliphatic heterocycles. The van der Waals surface area contributed by atoms with Crippen molar-refractivity contribution in [2.24, 2.45) is 5.92 Å². The SMILES string of the molecule is CC(=O)O.CCCCCCCCC[N@+]1(CCCC)C[C@H](CO)[C@H]2OC(C)(C)O[C@@H]21. The van der Waals surface area contributed by atoms with E-state index in [4.69, 9.17) is 19.4 Å². The molecule has 2 fully saturated rings. The number of unbranched alkanes of at least 4 members (excludes halogenated alkanes) is 7. The van der Waals surface area contributed by atoms with Crippen molar-refractivity contribution in [1.82, 2.24) is 0 Å². The maximum atomic E-state index is 9.89. The Kier molecular flexibility index (Phi) is 11.7. The van der Waals surface area contributed by atoms with Crippen LogP contribution in [0.3, 0.4) is 0 Å². The number of aliphatic hydroxyl groups is 1.